The minimum Gasteiger partial charge on any atom is -0.465 e. The number of ether oxygens (including phenoxy) is 3. The SMILES string of the molecule is COC(=O)c1cc([N+](=O)[O-])ccc1Oc1ccc(S(=O)(=O)N2CCOCC2)cc1. The molecular formula is C18H18N2O8S. The molecule has 0 unspecified atom stereocenters. The Balaban J connectivity index is 1.84. The summed E-state index contributed by atoms with van der Waals surface area (Å²) in [5.41, 5.74) is -0.406. The van der Waals surface area contributed by atoms with Crippen molar-refractivity contribution < 1.29 is 32.3 Å². The van der Waals surface area contributed by atoms with Crippen LogP contribution in [-0.4, -0.2) is 57.0 Å². The zero-order chi connectivity index (χ0) is 21.0. The van der Waals surface area contributed by atoms with E-state index in [1.165, 1.54) is 40.7 Å². The number of hydrogen-bond donors (Lipinski definition) is 0. The van der Waals surface area contributed by atoms with Crippen molar-refractivity contribution >= 4 is 21.7 Å². The van der Waals surface area contributed by atoms with Gasteiger partial charge in [0.05, 0.1) is 30.1 Å². The molecule has 0 bridgehead atoms. The molecule has 10 nitrogen and oxygen atoms in total. The molecule has 1 heterocycles. The number of rotatable bonds is 6. The van der Waals surface area contributed by atoms with Crippen molar-refractivity contribution in [3.05, 3.63) is 58.1 Å². The minimum absolute atomic E-state index is 0.0474. The first kappa shape index (κ1) is 20.7. The fourth-order valence-corrected chi connectivity index (χ4v) is 4.14. The average molecular weight is 422 g/mol. The Labute approximate surface area is 166 Å². The highest BCUT2D eigenvalue weighted by atomic mass is 32.2. The molecule has 0 atom stereocenters. The molecule has 29 heavy (non-hydrogen) atoms. The standard InChI is InChI=1S/C18H18N2O8S/c1-26-18(21)16-12-13(20(22)23)2-7-17(16)28-14-3-5-15(6-4-14)29(24,25)19-8-10-27-11-9-19/h2-7,12H,8-11H2,1H3. The van der Waals surface area contributed by atoms with Gasteiger partial charge in [-0.1, -0.05) is 0 Å². The second-order valence-electron chi connectivity index (χ2n) is 6.02. The van der Waals surface area contributed by atoms with Crippen molar-refractivity contribution in [3.63, 3.8) is 0 Å². The number of non-ortho nitro benzene ring substituents is 1. The van der Waals surface area contributed by atoms with Crippen LogP contribution in [0.15, 0.2) is 47.4 Å². The Morgan fingerprint density at radius 3 is 2.38 bits per heavy atom. The van der Waals surface area contributed by atoms with Crippen molar-refractivity contribution in [1.82, 2.24) is 4.31 Å². The average Bonchev–Trinajstić information content (AvgIpc) is 2.74. The molecule has 11 heteroatoms. The second kappa shape index (κ2) is 8.55. The van der Waals surface area contributed by atoms with E-state index in [2.05, 4.69) is 4.74 Å². The Morgan fingerprint density at radius 1 is 1.14 bits per heavy atom. The van der Waals surface area contributed by atoms with Crippen LogP contribution >= 0.6 is 0 Å². The number of esters is 1. The molecule has 1 aliphatic rings. The van der Waals surface area contributed by atoms with Gasteiger partial charge >= 0.3 is 5.97 Å². The largest absolute Gasteiger partial charge is 0.465 e. The van der Waals surface area contributed by atoms with Gasteiger partial charge in [0, 0.05) is 25.2 Å². The third kappa shape index (κ3) is 4.53. The van der Waals surface area contributed by atoms with Crippen molar-refractivity contribution in [2.75, 3.05) is 33.4 Å². The van der Waals surface area contributed by atoms with E-state index in [-0.39, 0.29) is 40.7 Å². The molecule has 0 amide bonds. The highest BCUT2D eigenvalue weighted by Crippen LogP contribution is 2.30. The molecule has 3 rings (SSSR count). The lowest BCUT2D eigenvalue weighted by atomic mass is 10.2. The predicted octanol–water partition coefficient (Wildman–Crippen LogP) is 2.19. The van der Waals surface area contributed by atoms with Crippen molar-refractivity contribution in [2.24, 2.45) is 0 Å². The number of sulfonamides is 1. The highest BCUT2D eigenvalue weighted by molar-refractivity contribution is 7.89. The molecule has 0 saturated carbocycles. The topological polar surface area (TPSA) is 125 Å². The van der Waals surface area contributed by atoms with E-state index in [0.717, 1.165) is 13.2 Å². The zero-order valence-electron chi connectivity index (χ0n) is 15.4. The van der Waals surface area contributed by atoms with Crippen LogP contribution < -0.4 is 4.74 Å². The Hall–Kier alpha value is -3.02. The van der Waals surface area contributed by atoms with Gasteiger partial charge in [0.2, 0.25) is 10.0 Å². The minimum atomic E-state index is -3.64. The maximum Gasteiger partial charge on any atom is 0.341 e. The summed E-state index contributed by atoms with van der Waals surface area (Å²) in [7, 11) is -2.49. The first-order valence-corrected chi connectivity index (χ1v) is 9.99. The summed E-state index contributed by atoms with van der Waals surface area (Å²) in [5, 5.41) is 10.9. The van der Waals surface area contributed by atoms with Crippen LogP contribution in [0.4, 0.5) is 5.69 Å². The lowest BCUT2D eigenvalue weighted by molar-refractivity contribution is -0.384. The number of methoxy groups -OCH3 is 1. The summed E-state index contributed by atoms with van der Waals surface area (Å²) in [6.45, 7) is 1.26. The van der Waals surface area contributed by atoms with Crippen LogP contribution in [0.1, 0.15) is 10.4 Å². The van der Waals surface area contributed by atoms with Crippen LogP contribution in [0.25, 0.3) is 0 Å². The van der Waals surface area contributed by atoms with Crippen LogP contribution in [0.5, 0.6) is 11.5 Å². The highest BCUT2D eigenvalue weighted by Gasteiger charge is 2.26. The molecule has 154 valence electrons. The second-order valence-corrected chi connectivity index (χ2v) is 7.96. The van der Waals surface area contributed by atoms with Crippen molar-refractivity contribution in [1.29, 1.82) is 0 Å². The predicted molar refractivity (Wildman–Crippen MR) is 101 cm³/mol. The maximum atomic E-state index is 12.6. The molecule has 1 saturated heterocycles. The molecule has 0 aromatic heterocycles. The van der Waals surface area contributed by atoms with Gasteiger partial charge in [-0.05, 0) is 30.3 Å². The maximum absolute atomic E-state index is 12.6. The van der Waals surface area contributed by atoms with Gasteiger partial charge in [-0.2, -0.15) is 4.31 Å². The first-order valence-electron chi connectivity index (χ1n) is 8.55. The molecule has 1 fully saturated rings. The molecule has 0 aliphatic carbocycles. The molecule has 2 aromatic carbocycles. The number of nitro groups is 1. The van der Waals surface area contributed by atoms with Gasteiger partial charge in [-0.3, -0.25) is 10.1 Å². The number of nitrogens with zero attached hydrogens (tertiary/aromatic N) is 2. The van der Waals surface area contributed by atoms with E-state index < -0.39 is 20.9 Å². The lowest BCUT2D eigenvalue weighted by Gasteiger charge is -2.26. The van der Waals surface area contributed by atoms with Crippen LogP contribution in [0.2, 0.25) is 0 Å². The zero-order valence-corrected chi connectivity index (χ0v) is 16.3. The quantitative estimate of drug-likeness (QED) is 0.394. The van der Waals surface area contributed by atoms with Gasteiger partial charge in [-0.25, -0.2) is 13.2 Å². The van der Waals surface area contributed by atoms with Gasteiger partial charge in [0.15, 0.2) is 0 Å². The number of carbonyl (C=O) groups excluding carboxylic acids is 1. The number of benzene rings is 2. The van der Waals surface area contributed by atoms with E-state index in [1.807, 2.05) is 0 Å². The van der Waals surface area contributed by atoms with E-state index in [9.17, 15) is 23.3 Å². The number of nitro benzene ring substituents is 1. The molecule has 2 aromatic rings. The van der Waals surface area contributed by atoms with Crippen LogP contribution in [0, 0.1) is 10.1 Å². The first-order chi connectivity index (χ1) is 13.8. The monoisotopic (exact) mass is 422 g/mol. The van der Waals surface area contributed by atoms with Crippen LogP contribution in [-0.2, 0) is 19.5 Å². The molecule has 0 radical (unpaired) electrons. The Bertz CT molecular complexity index is 1010. The molecule has 0 spiro atoms. The summed E-state index contributed by atoms with van der Waals surface area (Å²) in [5.74, 6) is -0.494. The molecular weight excluding hydrogens is 404 g/mol. The summed E-state index contributed by atoms with van der Waals surface area (Å²) in [6, 6.07) is 9.19. The normalized spacial score (nSPS) is 14.9. The number of morpholine rings is 1. The summed E-state index contributed by atoms with van der Waals surface area (Å²) >= 11 is 0. The number of hydrogen-bond acceptors (Lipinski definition) is 8. The summed E-state index contributed by atoms with van der Waals surface area (Å²) in [4.78, 5) is 22.3. The number of carbonyl (C=O) groups is 1. The van der Waals surface area contributed by atoms with Crippen molar-refractivity contribution in [2.45, 2.75) is 4.90 Å². The van der Waals surface area contributed by atoms with Crippen LogP contribution in [0.3, 0.4) is 0 Å². The van der Waals surface area contributed by atoms with Crippen molar-refractivity contribution in [3.8, 4) is 11.5 Å². The third-order valence-corrected chi connectivity index (χ3v) is 6.15. The fraction of sp³-hybridized carbons (Fsp3) is 0.278. The van der Waals surface area contributed by atoms with Gasteiger partial charge in [0.25, 0.3) is 5.69 Å². The summed E-state index contributed by atoms with van der Waals surface area (Å²) < 4.78 is 42.1. The smallest absolute Gasteiger partial charge is 0.341 e. The van der Waals surface area contributed by atoms with E-state index in [1.54, 1.807) is 0 Å². The lowest BCUT2D eigenvalue weighted by Crippen LogP contribution is -2.40. The van der Waals surface area contributed by atoms with E-state index >= 15 is 0 Å². The van der Waals surface area contributed by atoms with Gasteiger partial charge < -0.3 is 14.2 Å². The summed E-state index contributed by atoms with van der Waals surface area (Å²) in [6.07, 6.45) is 0. The van der Waals surface area contributed by atoms with Gasteiger partial charge in [0.1, 0.15) is 17.1 Å². The third-order valence-electron chi connectivity index (χ3n) is 4.24. The van der Waals surface area contributed by atoms with E-state index in [4.69, 9.17) is 9.47 Å². The van der Waals surface area contributed by atoms with Gasteiger partial charge in [-0.15, -0.1) is 0 Å². The Morgan fingerprint density at radius 2 is 1.79 bits per heavy atom. The Kier molecular flexibility index (Phi) is 6.11. The molecule has 1 aliphatic heterocycles. The van der Waals surface area contributed by atoms with E-state index in [0.29, 0.717) is 13.2 Å². The molecule has 0 N–H and O–H groups in total. The fourth-order valence-electron chi connectivity index (χ4n) is 2.73.